The molecular formula is C21H30N2O. The lowest BCUT2D eigenvalue weighted by molar-refractivity contribution is -0.134. The van der Waals surface area contributed by atoms with E-state index in [1.807, 2.05) is 0 Å². The summed E-state index contributed by atoms with van der Waals surface area (Å²) in [6, 6.07) is 8.58. The Morgan fingerprint density at radius 1 is 1.08 bits per heavy atom. The van der Waals surface area contributed by atoms with Crippen LogP contribution in [0.1, 0.15) is 56.1 Å². The molecule has 1 saturated carbocycles. The maximum absolute atomic E-state index is 13.0. The van der Waals surface area contributed by atoms with E-state index in [9.17, 15) is 4.79 Å². The predicted octanol–water partition coefficient (Wildman–Crippen LogP) is 3.52. The SMILES string of the molecule is O=C1NCc2ccccc2CC12CCCN(CC1CCCCC1)C2. The highest BCUT2D eigenvalue weighted by Crippen LogP contribution is 2.37. The van der Waals surface area contributed by atoms with Gasteiger partial charge < -0.3 is 10.2 Å². The molecule has 24 heavy (non-hydrogen) atoms. The number of likely N-dealkylation sites (tertiary alicyclic amines) is 1. The van der Waals surface area contributed by atoms with Crippen molar-refractivity contribution in [2.75, 3.05) is 19.6 Å². The Kier molecular flexibility index (Phi) is 4.62. The molecule has 0 bridgehead atoms. The lowest BCUT2D eigenvalue weighted by Gasteiger charge is -2.42. The first-order valence-corrected chi connectivity index (χ1v) is 9.83. The van der Waals surface area contributed by atoms with Gasteiger partial charge in [-0.15, -0.1) is 0 Å². The number of nitrogens with one attached hydrogen (secondary N) is 1. The molecule has 1 atom stereocenters. The van der Waals surface area contributed by atoms with Gasteiger partial charge in [0.05, 0.1) is 5.41 Å². The fourth-order valence-electron chi connectivity index (χ4n) is 5.16. The molecule has 1 aromatic rings. The number of hydrogen-bond donors (Lipinski definition) is 1. The van der Waals surface area contributed by atoms with Gasteiger partial charge in [0.2, 0.25) is 5.91 Å². The molecule has 0 radical (unpaired) electrons. The highest BCUT2D eigenvalue weighted by Gasteiger charge is 2.43. The largest absolute Gasteiger partial charge is 0.351 e. The molecule has 2 heterocycles. The fraction of sp³-hybridized carbons (Fsp3) is 0.667. The molecule has 1 aliphatic carbocycles. The molecule has 3 heteroatoms. The van der Waals surface area contributed by atoms with E-state index in [0.29, 0.717) is 6.54 Å². The summed E-state index contributed by atoms with van der Waals surface area (Å²) < 4.78 is 0. The van der Waals surface area contributed by atoms with Crippen molar-refractivity contribution < 1.29 is 4.79 Å². The summed E-state index contributed by atoms with van der Waals surface area (Å²) in [6.07, 6.45) is 10.1. The van der Waals surface area contributed by atoms with Gasteiger partial charge in [-0.3, -0.25) is 4.79 Å². The molecule has 3 aliphatic rings. The molecule has 2 aliphatic heterocycles. The van der Waals surface area contributed by atoms with Gasteiger partial charge in [-0.1, -0.05) is 43.5 Å². The number of fused-ring (bicyclic) bond motifs is 1. The summed E-state index contributed by atoms with van der Waals surface area (Å²) in [4.78, 5) is 15.6. The van der Waals surface area contributed by atoms with Gasteiger partial charge in [0.25, 0.3) is 0 Å². The fourth-order valence-corrected chi connectivity index (χ4v) is 5.16. The Morgan fingerprint density at radius 2 is 1.88 bits per heavy atom. The zero-order valence-electron chi connectivity index (χ0n) is 14.7. The molecular weight excluding hydrogens is 296 g/mol. The number of carbonyl (C=O) groups excluding carboxylic acids is 1. The minimum absolute atomic E-state index is 0.209. The molecule has 1 unspecified atom stereocenters. The maximum atomic E-state index is 13.0. The summed E-state index contributed by atoms with van der Waals surface area (Å²) in [6.45, 7) is 4.02. The lowest BCUT2D eigenvalue weighted by Crippen LogP contribution is -2.52. The number of hydrogen-bond acceptors (Lipinski definition) is 2. The Labute approximate surface area is 145 Å². The van der Waals surface area contributed by atoms with E-state index in [4.69, 9.17) is 0 Å². The Bertz CT molecular complexity index is 593. The standard InChI is InChI=1S/C21H30N2O/c24-20-21(13-18-9-4-5-10-19(18)14-22-20)11-6-12-23(16-21)15-17-7-2-1-3-8-17/h4-5,9-10,17H,1-3,6-8,11-16H2,(H,22,24). The van der Waals surface area contributed by atoms with Crippen molar-refractivity contribution in [1.29, 1.82) is 0 Å². The third-order valence-electron chi connectivity index (χ3n) is 6.47. The van der Waals surface area contributed by atoms with Gasteiger partial charge in [0.15, 0.2) is 0 Å². The zero-order valence-corrected chi connectivity index (χ0v) is 14.7. The Morgan fingerprint density at radius 3 is 2.71 bits per heavy atom. The quantitative estimate of drug-likeness (QED) is 0.902. The van der Waals surface area contributed by atoms with Crippen molar-refractivity contribution in [2.24, 2.45) is 11.3 Å². The van der Waals surface area contributed by atoms with Crippen LogP contribution in [0.25, 0.3) is 0 Å². The van der Waals surface area contributed by atoms with Crippen LogP contribution in [0.5, 0.6) is 0 Å². The predicted molar refractivity (Wildman–Crippen MR) is 96.7 cm³/mol. The Balaban J connectivity index is 1.51. The molecule has 4 rings (SSSR count). The second-order valence-electron chi connectivity index (χ2n) is 8.25. The molecule has 130 valence electrons. The van der Waals surface area contributed by atoms with Crippen LogP contribution in [0.2, 0.25) is 0 Å². The monoisotopic (exact) mass is 326 g/mol. The van der Waals surface area contributed by atoms with Gasteiger partial charge >= 0.3 is 0 Å². The van der Waals surface area contributed by atoms with Crippen molar-refractivity contribution in [3.05, 3.63) is 35.4 Å². The van der Waals surface area contributed by atoms with E-state index >= 15 is 0 Å². The van der Waals surface area contributed by atoms with E-state index in [-0.39, 0.29) is 11.3 Å². The smallest absolute Gasteiger partial charge is 0.228 e. The van der Waals surface area contributed by atoms with Crippen molar-refractivity contribution >= 4 is 5.91 Å². The molecule has 1 amide bonds. The highest BCUT2D eigenvalue weighted by molar-refractivity contribution is 5.84. The lowest BCUT2D eigenvalue weighted by atomic mass is 9.74. The van der Waals surface area contributed by atoms with Gasteiger partial charge in [-0.2, -0.15) is 0 Å². The molecule has 1 aromatic carbocycles. The first-order valence-electron chi connectivity index (χ1n) is 9.83. The number of rotatable bonds is 2. The van der Waals surface area contributed by atoms with Crippen LogP contribution in [0.15, 0.2) is 24.3 Å². The number of nitrogens with zero attached hydrogens (tertiary/aromatic N) is 1. The topological polar surface area (TPSA) is 32.3 Å². The number of benzene rings is 1. The molecule has 1 spiro atoms. The second-order valence-corrected chi connectivity index (χ2v) is 8.25. The summed E-state index contributed by atoms with van der Waals surface area (Å²) in [7, 11) is 0. The molecule has 2 fully saturated rings. The average molecular weight is 326 g/mol. The molecule has 0 aromatic heterocycles. The van der Waals surface area contributed by atoms with E-state index in [1.54, 1.807) is 0 Å². The van der Waals surface area contributed by atoms with Crippen LogP contribution in [0.4, 0.5) is 0 Å². The third kappa shape index (κ3) is 3.23. The van der Waals surface area contributed by atoms with Crippen LogP contribution in [0.3, 0.4) is 0 Å². The van der Waals surface area contributed by atoms with Gasteiger partial charge in [-0.05, 0) is 55.7 Å². The summed E-state index contributed by atoms with van der Waals surface area (Å²) in [5.41, 5.74) is 2.46. The summed E-state index contributed by atoms with van der Waals surface area (Å²) in [5.74, 6) is 1.14. The second kappa shape index (κ2) is 6.87. The van der Waals surface area contributed by atoms with Crippen LogP contribution in [-0.2, 0) is 17.8 Å². The van der Waals surface area contributed by atoms with Crippen molar-refractivity contribution in [3.63, 3.8) is 0 Å². The van der Waals surface area contributed by atoms with Gasteiger partial charge in [0.1, 0.15) is 0 Å². The van der Waals surface area contributed by atoms with Gasteiger partial charge in [0, 0.05) is 19.6 Å². The van der Waals surface area contributed by atoms with Crippen LogP contribution in [0, 0.1) is 11.3 Å². The highest BCUT2D eigenvalue weighted by atomic mass is 16.2. The van der Waals surface area contributed by atoms with E-state index in [2.05, 4.69) is 34.5 Å². The van der Waals surface area contributed by atoms with Gasteiger partial charge in [-0.25, -0.2) is 0 Å². The first-order chi connectivity index (χ1) is 11.8. The average Bonchev–Trinajstić information content (AvgIpc) is 2.74. The van der Waals surface area contributed by atoms with Crippen LogP contribution < -0.4 is 5.32 Å². The number of carbonyl (C=O) groups is 1. The third-order valence-corrected chi connectivity index (χ3v) is 6.47. The van der Waals surface area contributed by atoms with Crippen molar-refractivity contribution in [2.45, 2.75) is 57.9 Å². The van der Waals surface area contributed by atoms with Crippen LogP contribution in [-0.4, -0.2) is 30.4 Å². The van der Waals surface area contributed by atoms with Crippen molar-refractivity contribution in [3.8, 4) is 0 Å². The molecule has 1 saturated heterocycles. The first kappa shape index (κ1) is 16.1. The minimum atomic E-state index is -0.209. The van der Waals surface area contributed by atoms with E-state index < -0.39 is 0 Å². The van der Waals surface area contributed by atoms with Crippen molar-refractivity contribution in [1.82, 2.24) is 10.2 Å². The van der Waals surface area contributed by atoms with E-state index in [1.165, 1.54) is 56.3 Å². The molecule has 1 N–H and O–H groups in total. The normalized spacial score (nSPS) is 29.1. The summed E-state index contributed by atoms with van der Waals surface area (Å²) in [5, 5.41) is 3.22. The maximum Gasteiger partial charge on any atom is 0.228 e. The number of amides is 1. The Hall–Kier alpha value is -1.35. The summed E-state index contributed by atoms with van der Waals surface area (Å²) >= 11 is 0. The molecule has 3 nitrogen and oxygen atoms in total. The van der Waals surface area contributed by atoms with Crippen LogP contribution >= 0.6 is 0 Å². The van der Waals surface area contributed by atoms with E-state index in [0.717, 1.165) is 31.7 Å². The number of piperidine rings is 1. The zero-order chi connectivity index (χ0) is 16.4. The minimum Gasteiger partial charge on any atom is -0.351 e.